The van der Waals surface area contributed by atoms with Crippen LogP contribution in [0.5, 0.6) is 0 Å². The molecule has 0 aliphatic rings. The van der Waals surface area contributed by atoms with Gasteiger partial charge in [-0.05, 0) is 39.8 Å². The van der Waals surface area contributed by atoms with Crippen molar-refractivity contribution in [2.75, 3.05) is 7.11 Å². The normalized spacial score (nSPS) is 11.0. The summed E-state index contributed by atoms with van der Waals surface area (Å²) in [5.74, 6) is -0.903. The van der Waals surface area contributed by atoms with Gasteiger partial charge in [0.25, 0.3) is 11.5 Å². The molecule has 0 radical (unpaired) electrons. The third kappa shape index (κ3) is 5.96. The number of nitrogens with one attached hydrogen (secondary N) is 1. The van der Waals surface area contributed by atoms with Crippen LogP contribution in [0.2, 0.25) is 0 Å². The van der Waals surface area contributed by atoms with Crippen molar-refractivity contribution in [2.45, 2.75) is 26.2 Å². The average Bonchev–Trinajstić information content (AvgIpc) is 3.61. The topological polar surface area (TPSA) is 122 Å². The summed E-state index contributed by atoms with van der Waals surface area (Å²) in [6, 6.07) is 17.4. The van der Waals surface area contributed by atoms with Crippen LogP contribution in [0.1, 0.15) is 32.7 Å². The molecule has 0 saturated heterocycles. The number of carbonyl (C=O) groups is 1. The largest absolute Gasteiger partial charge is 0.378 e. The molecule has 198 valence electrons. The van der Waals surface area contributed by atoms with Gasteiger partial charge < -0.3 is 14.6 Å². The first kappa shape index (κ1) is 25.7. The number of pyridine rings is 1. The average molecular weight is 529 g/mol. The van der Waals surface area contributed by atoms with Crippen LogP contribution < -0.4 is 10.9 Å². The Hall–Kier alpha value is -4.97. The van der Waals surface area contributed by atoms with Crippen LogP contribution in [0.3, 0.4) is 0 Å². The number of aromatic nitrogens is 7. The molecule has 0 spiro atoms. The molecule has 0 atom stereocenters. The summed E-state index contributed by atoms with van der Waals surface area (Å²) in [4.78, 5) is 25.1. The molecule has 12 heteroatoms. The van der Waals surface area contributed by atoms with Crippen LogP contribution in [0.15, 0.2) is 84.2 Å². The molecule has 1 amide bonds. The Morgan fingerprint density at radius 2 is 1.82 bits per heavy atom. The number of ether oxygens (including phenoxy) is 1. The SMILES string of the molecule is COCc1nn(Cc2ccc(Cn3ccccc3=O)cc2)cc1C(=O)NCc1c(F)cccc1-n1cnnn1. The lowest BCUT2D eigenvalue weighted by Crippen LogP contribution is -2.25. The zero-order valence-corrected chi connectivity index (χ0v) is 21.1. The number of hydrogen-bond acceptors (Lipinski definition) is 7. The van der Waals surface area contributed by atoms with Crippen LogP contribution >= 0.6 is 0 Å². The van der Waals surface area contributed by atoms with Gasteiger partial charge in [0.2, 0.25) is 0 Å². The maximum atomic E-state index is 14.6. The fraction of sp³-hybridized carbons (Fsp3) is 0.185. The molecule has 0 aliphatic carbocycles. The summed E-state index contributed by atoms with van der Waals surface area (Å²) in [5.41, 5.74) is 3.36. The maximum Gasteiger partial charge on any atom is 0.255 e. The zero-order valence-electron chi connectivity index (χ0n) is 21.1. The quantitative estimate of drug-likeness (QED) is 0.295. The van der Waals surface area contributed by atoms with Crippen molar-refractivity contribution in [3.05, 3.63) is 124 Å². The van der Waals surface area contributed by atoms with E-state index in [0.29, 0.717) is 30.0 Å². The summed E-state index contributed by atoms with van der Waals surface area (Å²) in [7, 11) is 1.52. The lowest BCUT2D eigenvalue weighted by Gasteiger charge is -2.11. The molecule has 2 aromatic carbocycles. The Morgan fingerprint density at radius 3 is 2.54 bits per heavy atom. The van der Waals surface area contributed by atoms with Crippen LogP contribution in [-0.2, 0) is 31.0 Å². The maximum absolute atomic E-state index is 14.6. The highest BCUT2D eigenvalue weighted by atomic mass is 19.1. The third-order valence-corrected chi connectivity index (χ3v) is 6.10. The molecule has 5 aromatic rings. The second kappa shape index (κ2) is 11.6. The van der Waals surface area contributed by atoms with E-state index in [2.05, 4.69) is 25.9 Å². The van der Waals surface area contributed by atoms with Crippen molar-refractivity contribution in [1.29, 1.82) is 0 Å². The highest BCUT2D eigenvalue weighted by molar-refractivity contribution is 5.95. The van der Waals surface area contributed by atoms with Gasteiger partial charge in [-0.3, -0.25) is 14.3 Å². The molecule has 0 saturated carbocycles. The second-order valence-corrected chi connectivity index (χ2v) is 8.78. The molecule has 3 heterocycles. The fourth-order valence-corrected chi connectivity index (χ4v) is 4.17. The van der Waals surface area contributed by atoms with Gasteiger partial charge in [-0.2, -0.15) is 5.10 Å². The minimum Gasteiger partial charge on any atom is -0.378 e. The first-order valence-corrected chi connectivity index (χ1v) is 12.1. The van der Waals surface area contributed by atoms with E-state index in [9.17, 15) is 14.0 Å². The Labute approximate surface area is 222 Å². The Kier molecular flexibility index (Phi) is 7.64. The predicted molar refractivity (Wildman–Crippen MR) is 139 cm³/mol. The van der Waals surface area contributed by atoms with E-state index < -0.39 is 11.7 Å². The highest BCUT2D eigenvalue weighted by Gasteiger charge is 2.19. The lowest BCUT2D eigenvalue weighted by atomic mass is 10.1. The monoisotopic (exact) mass is 528 g/mol. The first-order valence-electron chi connectivity index (χ1n) is 12.1. The van der Waals surface area contributed by atoms with E-state index >= 15 is 0 Å². The summed E-state index contributed by atoms with van der Waals surface area (Å²) in [6.07, 6.45) is 4.75. The standard InChI is InChI=1S/C27H25FN8O3/c1-39-17-24-22(27(38)29-13-21-23(28)5-4-6-25(21)36-18-30-32-33-36)16-35(31-24)15-20-10-8-19(9-11-20)14-34-12-3-2-7-26(34)37/h2-12,16,18H,13-15,17H2,1H3,(H,29,38). The first-order chi connectivity index (χ1) is 19.0. The number of nitrogens with zero attached hydrogens (tertiary/aromatic N) is 7. The summed E-state index contributed by atoms with van der Waals surface area (Å²) in [5, 5.41) is 18.3. The van der Waals surface area contributed by atoms with E-state index in [1.807, 2.05) is 30.3 Å². The molecule has 39 heavy (non-hydrogen) atoms. The van der Waals surface area contributed by atoms with Crippen LogP contribution in [0.4, 0.5) is 4.39 Å². The van der Waals surface area contributed by atoms with E-state index in [0.717, 1.165) is 11.1 Å². The number of halogens is 1. The molecular weight excluding hydrogens is 503 g/mol. The van der Waals surface area contributed by atoms with Crippen molar-refractivity contribution in [3.8, 4) is 5.69 Å². The minimum atomic E-state index is -0.489. The van der Waals surface area contributed by atoms with Gasteiger partial charge in [0.15, 0.2) is 0 Å². The summed E-state index contributed by atoms with van der Waals surface area (Å²) < 4.78 is 24.5. The highest BCUT2D eigenvalue weighted by Crippen LogP contribution is 2.18. The molecule has 0 fully saturated rings. The van der Waals surface area contributed by atoms with E-state index in [1.54, 1.807) is 39.8 Å². The Bertz CT molecular complexity index is 1630. The number of tetrazole rings is 1. The van der Waals surface area contributed by atoms with Gasteiger partial charge in [-0.15, -0.1) is 5.10 Å². The Balaban J connectivity index is 1.29. The lowest BCUT2D eigenvalue weighted by molar-refractivity contribution is 0.0945. The van der Waals surface area contributed by atoms with Crippen LogP contribution in [0.25, 0.3) is 5.69 Å². The molecule has 5 rings (SSSR count). The van der Waals surface area contributed by atoms with Gasteiger partial charge >= 0.3 is 0 Å². The fourth-order valence-electron chi connectivity index (χ4n) is 4.17. The predicted octanol–water partition coefficient (Wildman–Crippen LogP) is 2.33. The smallest absolute Gasteiger partial charge is 0.255 e. The third-order valence-electron chi connectivity index (χ3n) is 6.10. The van der Waals surface area contributed by atoms with Gasteiger partial charge in [0.05, 0.1) is 30.9 Å². The van der Waals surface area contributed by atoms with Gasteiger partial charge in [-0.25, -0.2) is 9.07 Å². The van der Waals surface area contributed by atoms with E-state index in [-0.39, 0.29) is 24.3 Å². The number of methoxy groups -OCH3 is 1. The van der Waals surface area contributed by atoms with Crippen LogP contribution in [0, 0.1) is 5.82 Å². The summed E-state index contributed by atoms with van der Waals surface area (Å²) >= 11 is 0. The van der Waals surface area contributed by atoms with Crippen molar-refractivity contribution >= 4 is 5.91 Å². The van der Waals surface area contributed by atoms with E-state index in [4.69, 9.17) is 4.74 Å². The molecule has 0 unspecified atom stereocenters. The Morgan fingerprint density at radius 1 is 1.03 bits per heavy atom. The van der Waals surface area contributed by atoms with Crippen molar-refractivity contribution < 1.29 is 13.9 Å². The van der Waals surface area contributed by atoms with Crippen molar-refractivity contribution in [1.82, 2.24) is 39.9 Å². The summed E-state index contributed by atoms with van der Waals surface area (Å²) in [6.45, 7) is 0.952. The van der Waals surface area contributed by atoms with Gasteiger partial charge in [0, 0.05) is 37.7 Å². The van der Waals surface area contributed by atoms with E-state index in [1.165, 1.54) is 30.3 Å². The number of hydrogen-bond donors (Lipinski definition) is 1. The van der Waals surface area contributed by atoms with Crippen molar-refractivity contribution in [2.24, 2.45) is 0 Å². The number of rotatable bonds is 10. The minimum absolute atomic E-state index is 0.0590. The molecule has 0 bridgehead atoms. The number of benzene rings is 2. The molecule has 3 aromatic heterocycles. The molecule has 0 aliphatic heterocycles. The van der Waals surface area contributed by atoms with Crippen LogP contribution in [-0.4, -0.2) is 47.6 Å². The number of amides is 1. The van der Waals surface area contributed by atoms with Gasteiger partial charge in [-0.1, -0.05) is 36.4 Å². The van der Waals surface area contributed by atoms with Crippen molar-refractivity contribution in [3.63, 3.8) is 0 Å². The van der Waals surface area contributed by atoms with Gasteiger partial charge in [0.1, 0.15) is 17.8 Å². The molecule has 1 N–H and O–H groups in total. The second-order valence-electron chi connectivity index (χ2n) is 8.78. The molecule has 11 nitrogen and oxygen atoms in total. The molecular formula is C27H25FN8O3. The zero-order chi connectivity index (χ0) is 27.2. The number of carbonyl (C=O) groups excluding carboxylic acids is 1.